The number of nitrogens with zero attached hydrogens (tertiary/aromatic N) is 4. The lowest BCUT2D eigenvalue weighted by atomic mass is 10.3. The molecule has 0 N–H and O–H groups in total. The maximum Gasteiger partial charge on any atom is 0.109 e. The molecule has 0 bridgehead atoms. The van der Waals surface area contributed by atoms with Gasteiger partial charge in [0.1, 0.15) is 4.60 Å². The first-order chi connectivity index (χ1) is 8.24. The van der Waals surface area contributed by atoms with Gasteiger partial charge in [-0.1, -0.05) is 0 Å². The zero-order valence-electron chi connectivity index (χ0n) is 9.80. The van der Waals surface area contributed by atoms with Gasteiger partial charge in [-0.05, 0) is 47.7 Å². The van der Waals surface area contributed by atoms with E-state index in [1.807, 2.05) is 16.9 Å². The lowest BCUT2D eigenvalue weighted by Crippen LogP contribution is -2.03. The first-order valence-corrected chi connectivity index (χ1v) is 6.72. The van der Waals surface area contributed by atoms with Gasteiger partial charge in [-0.2, -0.15) is 10.2 Å². The molecule has 0 radical (unpaired) electrons. The highest BCUT2D eigenvalue weighted by molar-refractivity contribution is 9.10. The van der Waals surface area contributed by atoms with Crippen LogP contribution in [-0.2, 0) is 13.1 Å². The van der Waals surface area contributed by atoms with Crippen LogP contribution in [-0.4, -0.2) is 19.6 Å². The molecular formula is C12H15BrN4. The molecule has 0 aliphatic heterocycles. The molecule has 1 fully saturated rings. The van der Waals surface area contributed by atoms with Crippen LogP contribution in [0.3, 0.4) is 0 Å². The fourth-order valence-corrected chi connectivity index (χ4v) is 2.63. The monoisotopic (exact) mass is 294 g/mol. The standard InChI is InChI=1S/C12H15BrN4/c1-9-11(8-16-6-2-5-14-16)12(13)17(15-9)7-10-3-4-10/h2,5-6,10H,3-4,7-8H2,1H3. The summed E-state index contributed by atoms with van der Waals surface area (Å²) in [6.07, 6.45) is 6.47. The highest BCUT2D eigenvalue weighted by atomic mass is 79.9. The Morgan fingerprint density at radius 3 is 2.94 bits per heavy atom. The van der Waals surface area contributed by atoms with E-state index in [1.165, 1.54) is 18.4 Å². The van der Waals surface area contributed by atoms with E-state index in [9.17, 15) is 0 Å². The van der Waals surface area contributed by atoms with Crippen molar-refractivity contribution in [2.45, 2.75) is 32.9 Å². The van der Waals surface area contributed by atoms with Gasteiger partial charge < -0.3 is 0 Å². The first-order valence-electron chi connectivity index (χ1n) is 5.93. The summed E-state index contributed by atoms with van der Waals surface area (Å²) in [6, 6.07) is 1.94. The highest BCUT2D eigenvalue weighted by Gasteiger charge is 2.24. The van der Waals surface area contributed by atoms with Gasteiger partial charge in [0.25, 0.3) is 0 Å². The van der Waals surface area contributed by atoms with Crippen LogP contribution in [0, 0.1) is 12.8 Å². The number of hydrogen-bond donors (Lipinski definition) is 0. The number of hydrogen-bond acceptors (Lipinski definition) is 2. The number of aromatic nitrogens is 4. The van der Waals surface area contributed by atoms with E-state index in [-0.39, 0.29) is 0 Å². The Morgan fingerprint density at radius 2 is 2.29 bits per heavy atom. The van der Waals surface area contributed by atoms with E-state index in [1.54, 1.807) is 6.20 Å². The third-order valence-corrected chi connectivity index (χ3v) is 4.08. The second-order valence-corrected chi connectivity index (χ2v) is 5.44. The Morgan fingerprint density at radius 1 is 1.47 bits per heavy atom. The van der Waals surface area contributed by atoms with Crippen molar-refractivity contribution in [2.75, 3.05) is 0 Å². The molecule has 0 saturated heterocycles. The Labute approximate surface area is 109 Å². The third kappa shape index (κ3) is 2.29. The van der Waals surface area contributed by atoms with E-state index in [0.717, 1.165) is 29.3 Å². The molecule has 0 atom stereocenters. The molecule has 0 spiro atoms. The third-order valence-electron chi connectivity index (χ3n) is 3.19. The molecular weight excluding hydrogens is 280 g/mol. The van der Waals surface area contributed by atoms with Gasteiger partial charge in [-0.3, -0.25) is 9.36 Å². The van der Waals surface area contributed by atoms with Crippen molar-refractivity contribution < 1.29 is 0 Å². The zero-order valence-corrected chi connectivity index (χ0v) is 11.4. The molecule has 0 amide bonds. The van der Waals surface area contributed by atoms with Crippen LogP contribution in [0.1, 0.15) is 24.1 Å². The Kier molecular flexibility index (Phi) is 2.78. The number of aryl methyl sites for hydroxylation is 1. The largest absolute Gasteiger partial charge is 0.268 e. The molecule has 5 heteroatoms. The quantitative estimate of drug-likeness (QED) is 0.869. The maximum atomic E-state index is 4.60. The van der Waals surface area contributed by atoms with Crippen LogP contribution in [0.25, 0.3) is 0 Å². The average Bonchev–Trinajstić information content (AvgIpc) is 2.90. The van der Waals surface area contributed by atoms with Crippen LogP contribution < -0.4 is 0 Å². The normalized spacial score (nSPS) is 15.4. The summed E-state index contributed by atoms with van der Waals surface area (Å²) in [5.41, 5.74) is 2.32. The summed E-state index contributed by atoms with van der Waals surface area (Å²) >= 11 is 3.66. The van der Waals surface area contributed by atoms with Crippen molar-refractivity contribution >= 4 is 15.9 Å². The topological polar surface area (TPSA) is 35.6 Å². The second-order valence-electron chi connectivity index (χ2n) is 4.68. The van der Waals surface area contributed by atoms with Gasteiger partial charge in [0, 0.05) is 24.5 Å². The Hall–Kier alpha value is -1.10. The summed E-state index contributed by atoms with van der Waals surface area (Å²) in [5.74, 6) is 0.836. The number of halogens is 1. The fourth-order valence-electron chi connectivity index (χ4n) is 1.99. The van der Waals surface area contributed by atoms with Crippen molar-refractivity contribution in [1.82, 2.24) is 19.6 Å². The molecule has 1 saturated carbocycles. The van der Waals surface area contributed by atoms with Crippen LogP contribution in [0.2, 0.25) is 0 Å². The van der Waals surface area contributed by atoms with Gasteiger partial charge in [0.2, 0.25) is 0 Å². The summed E-state index contributed by atoms with van der Waals surface area (Å²) in [4.78, 5) is 0. The predicted molar refractivity (Wildman–Crippen MR) is 68.7 cm³/mol. The SMILES string of the molecule is Cc1nn(CC2CC2)c(Br)c1Cn1cccn1. The molecule has 4 nitrogen and oxygen atoms in total. The molecule has 0 aromatic carbocycles. The summed E-state index contributed by atoms with van der Waals surface area (Å²) < 4.78 is 5.12. The van der Waals surface area contributed by atoms with Crippen LogP contribution >= 0.6 is 15.9 Å². The van der Waals surface area contributed by atoms with E-state index >= 15 is 0 Å². The molecule has 3 rings (SSSR count). The van der Waals surface area contributed by atoms with E-state index in [2.05, 4.69) is 37.7 Å². The molecule has 2 heterocycles. The smallest absolute Gasteiger partial charge is 0.109 e. The van der Waals surface area contributed by atoms with E-state index < -0.39 is 0 Å². The summed E-state index contributed by atoms with van der Waals surface area (Å²) in [5, 5.41) is 8.83. The van der Waals surface area contributed by atoms with Crippen molar-refractivity contribution in [3.8, 4) is 0 Å². The maximum absolute atomic E-state index is 4.60. The zero-order chi connectivity index (χ0) is 11.8. The van der Waals surface area contributed by atoms with Gasteiger partial charge in [0.05, 0.1) is 12.2 Å². The first kappa shape index (κ1) is 11.0. The van der Waals surface area contributed by atoms with E-state index in [4.69, 9.17) is 0 Å². The fraction of sp³-hybridized carbons (Fsp3) is 0.500. The lowest BCUT2D eigenvalue weighted by molar-refractivity contribution is 0.548. The molecule has 17 heavy (non-hydrogen) atoms. The van der Waals surface area contributed by atoms with Gasteiger partial charge in [-0.15, -0.1) is 0 Å². The predicted octanol–water partition coefficient (Wildman–Crippen LogP) is 2.61. The van der Waals surface area contributed by atoms with Crippen LogP contribution in [0.4, 0.5) is 0 Å². The van der Waals surface area contributed by atoms with E-state index in [0.29, 0.717) is 0 Å². The molecule has 1 aliphatic rings. The van der Waals surface area contributed by atoms with Gasteiger partial charge >= 0.3 is 0 Å². The second kappa shape index (κ2) is 4.29. The van der Waals surface area contributed by atoms with Crippen molar-refractivity contribution in [2.24, 2.45) is 5.92 Å². The minimum Gasteiger partial charge on any atom is -0.268 e. The van der Waals surface area contributed by atoms with Crippen LogP contribution in [0.15, 0.2) is 23.1 Å². The van der Waals surface area contributed by atoms with Crippen molar-refractivity contribution in [1.29, 1.82) is 0 Å². The lowest BCUT2D eigenvalue weighted by Gasteiger charge is -2.03. The van der Waals surface area contributed by atoms with Crippen molar-refractivity contribution in [3.05, 3.63) is 34.3 Å². The highest BCUT2D eigenvalue weighted by Crippen LogP contribution is 2.32. The Bertz CT molecular complexity index is 511. The minimum absolute atomic E-state index is 0.782. The average molecular weight is 295 g/mol. The van der Waals surface area contributed by atoms with Crippen LogP contribution in [0.5, 0.6) is 0 Å². The summed E-state index contributed by atoms with van der Waals surface area (Å²) in [6.45, 7) is 3.89. The molecule has 90 valence electrons. The minimum atomic E-state index is 0.782. The Balaban J connectivity index is 1.85. The van der Waals surface area contributed by atoms with Crippen molar-refractivity contribution in [3.63, 3.8) is 0 Å². The molecule has 0 unspecified atom stereocenters. The van der Waals surface area contributed by atoms with Gasteiger partial charge in [0.15, 0.2) is 0 Å². The molecule has 2 aromatic heterocycles. The number of rotatable bonds is 4. The summed E-state index contributed by atoms with van der Waals surface area (Å²) in [7, 11) is 0. The molecule has 2 aromatic rings. The van der Waals surface area contributed by atoms with Gasteiger partial charge in [-0.25, -0.2) is 0 Å². The molecule has 1 aliphatic carbocycles.